The minimum atomic E-state index is -4.67. The molecule has 1 atom stereocenters. The number of sulfone groups is 1. The maximum Gasteiger partial charge on any atom is 0.416 e. The topological polar surface area (TPSA) is 77.7 Å². The lowest BCUT2D eigenvalue weighted by atomic mass is 9.95. The molecule has 2 heterocycles. The molecular weight excluding hydrogens is 489 g/mol. The van der Waals surface area contributed by atoms with Gasteiger partial charge in [0.2, 0.25) is 0 Å². The number of carbonyl (C=O) groups excluding carboxylic acids is 1. The zero-order valence-electron chi connectivity index (χ0n) is 19.3. The first-order valence-corrected chi connectivity index (χ1v) is 13.4. The van der Waals surface area contributed by atoms with E-state index < -0.39 is 27.5 Å². The molecule has 11 heteroatoms. The molecule has 0 unspecified atom stereocenters. The van der Waals surface area contributed by atoms with E-state index in [-0.39, 0.29) is 22.6 Å². The lowest BCUT2D eigenvalue weighted by molar-refractivity contribution is -0.137. The van der Waals surface area contributed by atoms with Crippen LogP contribution in [0.25, 0.3) is 6.08 Å². The van der Waals surface area contributed by atoms with Gasteiger partial charge in [0.25, 0.3) is 5.91 Å². The minimum absolute atomic E-state index is 0.0294. The van der Waals surface area contributed by atoms with E-state index >= 15 is 0 Å². The van der Waals surface area contributed by atoms with Crippen molar-refractivity contribution in [3.05, 3.63) is 56.2 Å². The highest BCUT2D eigenvalue weighted by atomic mass is 32.2. The third kappa shape index (κ3) is 6.89. The summed E-state index contributed by atoms with van der Waals surface area (Å²) in [5.41, 5.74) is -1.54. The third-order valence-electron chi connectivity index (χ3n) is 5.19. The van der Waals surface area contributed by atoms with Gasteiger partial charge in [-0.3, -0.25) is 4.79 Å². The molecule has 1 saturated heterocycles. The molecule has 1 aliphatic heterocycles. The van der Waals surface area contributed by atoms with E-state index in [1.165, 1.54) is 11.3 Å². The molecule has 3 rings (SSSR count). The average molecular weight is 517 g/mol. The van der Waals surface area contributed by atoms with E-state index in [1.807, 2.05) is 27.0 Å². The Hall–Kier alpha value is -2.24. The Labute approximate surface area is 200 Å². The fraction of sp³-hybridized carbons (Fsp3) is 0.478. The van der Waals surface area contributed by atoms with Gasteiger partial charge in [-0.1, -0.05) is 26.8 Å². The molecule has 1 aromatic heterocycles. The van der Waals surface area contributed by atoms with Gasteiger partial charge < -0.3 is 9.30 Å². The second-order valence-corrected chi connectivity index (χ2v) is 12.2. The van der Waals surface area contributed by atoms with Gasteiger partial charge in [-0.05, 0) is 42.0 Å². The number of carbonyl (C=O) groups is 1. The van der Waals surface area contributed by atoms with Crippen molar-refractivity contribution in [2.45, 2.75) is 57.9 Å². The Morgan fingerprint density at radius 2 is 2.00 bits per heavy atom. The Morgan fingerprint density at radius 1 is 1.29 bits per heavy atom. The number of rotatable bonds is 5. The number of alkyl halides is 3. The smallest absolute Gasteiger partial charge is 0.376 e. The number of nitrogens with zero attached hydrogens (tertiary/aromatic N) is 2. The van der Waals surface area contributed by atoms with Crippen LogP contribution in [0, 0.1) is 0 Å². The summed E-state index contributed by atoms with van der Waals surface area (Å²) in [6, 6.07) is 2.58. The molecule has 2 aromatic rings. The maximum atomic E-state index is 13.3. The molecule has 1 fully saturated rings. The normalized spacial score (nSPS) is 18.2. The quantitative estimate of drug-likeness (QED) is 0.572. The van der Waals surface area contributed by atoms with Crippen molar-refractivity contribution in [2.24, 2.45) is 4.99 Å². The molecular formula is C23H27F3N2O4S2. The summed E-state index contributed by atoms with van der Waals surface area (Å²) < 4.78 is 70.5. The Balaban J connectivity index is 2.12. The van der Waals surface area contributed by atoms with Crippen molar-refractivity contribution in [1.82, 2.24) is 4.57 Å². The molecule has 6 nitrogen and oxygen atoms in total. The van der Waals surface area contributed by atoms with Crippen molar-refractivity contribution in [3.8, 4) is 0 Å². The van der Waals surface area contributed by atoms with Crippen LogP contribution in [0.3, 0.4) is 0 Å². The van der Waals surface area contributed by atoms with E-state index in [4.69, 9.17) is 4.74 Å². The SMILES string of the molecule is CC(C)(C)c1cn(C[C@H]2CCCO2)c(=NC(=O)c2cc(C(F)(F)F)ccc2C=CS(C)(=O)=O)s1. The highest BCUT2D eigenvalue weighted by Crippen LogP contribution is 2.31. The number of ether oxygens (including phenoxy) is 1. The van der Waals surface area contributed by atoms with Crippen LogP contribution in [-0.4, -0.2) is 37.9 Å². The lowest BCUT2D eigenvalue weighted by Gasteiger charge is -2.15. The lowest BCUT2D eigenvalue weighted by Crippen LogP contribution is -2.23. The first-order chi connectivity index (χ1) is 15.6. The van der Waals surface area contributed by atoms with Gasteiger partial charge in [-0.25, -0.2) is 8.42 Å². The number of halogens is 3. The Bertz CT molecular complexity index is 1260. The Kier molecular flexibility index (Phi) is 7.59. The highest BCUT2D eigenvalue weighted by Gasteiger charge is 2.31. The molecule has 0 spiro atoms. The van der Waals surface area contributed by atoms with Gasteiger partial charge in [0.05, 0.1) is 18.2 Å². The van der Waals surface area contributed by atoms with Crippen LogP contribution < -0.4 is 4.80 Å². The van der Waals surface area contributed by atoms with Crippen molar-refractivity contribution in [1.29, 1.82) is 0 Å². The standard InChI is InChI=1S/C23H27F3N2O4S2/c1-22(2,3)19-14-28(13-17-6-5-10-32-17)21(33-19)27-20(29)18-12-16(23(24,25)26)8-7-15(18)9-11-34(4,30)31/h7-9,11-12,14,17H,5-6,10,13H2,1-4H3/t17-/m1/s1. The molecule has 0 N–H and O–H groups in total. The van der Waals surface area contributed by atoms with E-state index in [0.29, 0.717) is 24.0 Å². The molecule has 1 amide bonds. The van der Waals surface area contributed by atoms with Crippen LogP contribution in [0.5, 0.6) is 0 Å². The minimum Gasteiger partial charge on any atom is -0.376 e. The van der Waals surface area contributed by atoms with E-state index in [9.17, 15) is 26.4 Å². The summed E-state index contributed by atoms with van der Waals surface area (Å²) in [5.74, 6) is -0.886. The molecule has 1 aromatic carbocycles. The molecule has 0 bridgehead atoms. The van der Waals surface area contributed by atoms with E-state index in [2.05, 4.69) is 4.99 Å². The van der Waals surface area contributed by atoms with Gasteiger partial charge in [0.1, 0.15) is 0 Å². The first-order valence-electron chi connectivity index (χ1n) is 10.6. The van der Waals surface area contributed by atoms with Crippen LogP contribution in [0.1, 0.15) is 60.0 Å². The van der Waals surface area contributed by atoms with E-state index in [1.54, 1.807) is 4.57 Å². The van der Waals surface area contributed by atoms with Crippen molar-refractivity contribution >= 4 is 33.2 Å². The predicted molar refractivity (Wildman–Crippen MR) is 125 cm³/mol. The number of benzene rings is 1. The fourth-order valence-corrected chi connectivity index (χ4v) is 4.81. The van der Waals surface area contributed by atoms with Crippen LogP contribution in [0.4, 0.5) is 13.2 Å². The number of thiazole rings is 1. The number of amides is 1. The zero-order valence-corrected chi connectivity index (χ0v) is 21.0. The third-order valence-corrected chi connectivity index (χ3v) is 7.26. The van der Waals surface area contributed by atoms with Gasteiger partial charge in [0, 0.05) is 34.9 Å². The Morgan fingerprint density at radius 3 is 2.56 bits per heavy atom. The maximum absolute atomic E-state index is 13.3. The van der Waals surface area contributed by atoms with Crippen molar-refractivity contribution < 1.29 is 31.1 Å². The second-order valence-electron chi connectivity index (χ2n) is 9.26. The molecule has 0 aliphatic carbocycles. The summed E-state index contributed by atoms with van der Waals surface area (Å²) >= 11 is 1.29. The van der Waals surface area contributed by atoms with Crippen LogP contribution in [0.2, 0.25) is 0 Å². The molecule has 186 valence electrons. The number of hydrogen-bond acceptors (Lipinski definition) is 5. The molecule has 34 heavy (non-hydrogen) atoms. The van der Waals surface area contributed by atoms with Crippen molar-refractivity contribution in [2.75, 3.05) is 12.9 Å². The zero-order chi connectivity index (χ0) is 25.3. The van der Waals surface area contributed by atoms with Gasteiger partial charge in [-0.2, -0.15) is 18.2 Å². The number of aromatic nitrogens is 1. The summed E-state index contributed by atoms with van der Waals surface area (Å²) in [4.78, 5) is 18.6. The van der Waals surface area contributed by atoms with Crippen molar-refractivity contribution in [3.63, 3.8) is 0 Å². The largest absolute Gasteiger partial charge is 0.416 e. The molecule has 0 radical (unpaired) electrons. The highest BCUT2D eigenvalue weighted by molar-refractivity contribution is 7.93. The van der Waals surface area contributed by atoms with Crippen LogP contribution >= 0.6 is 11.3 Å². The van der Waals surface area contributed by atoms with Crippen LogP contribution in [-0.2, 0) is 32.7 Å². The fourth-order valence-electron chi connectivity index (χ4n) is 3.36. The van der Waals surface area contributed by atoms with E-state index in [0.717, 1.165) is 47.6 Å². The monoisotopic (exact) mass is 516 g/mol. The van der Waals surface area contributed by atoms with Gasteiger partial charge in [-0.15, -0.1) is 11.3 Å². The van der Waals surface area contributed by atoms with Gasteiger partial charge >= 0.3 is 6.18 Å². The summed E-state index contributed by atoms with van der Waals surface area (Å²) in [7, 11) is -3.56. The molecule has 1 aliphatic rings. The first kappa shape index (κ1) is 26.4. The summed E-state index contributed by atoms with van der Waals surface area (Å²) in [6.07, 6.45) is 1.06. The average Bonchev–Trinajstić information content (AvgIpc) is 3.35. The van der Waals surface area contributed by atoms with Gasteiger partial charge in [0.15, 0.2) is 14.6 Å². The van der Waals surface area contributed by atoms with Crippen LogP contribution in [0.15, 0.2) is 34.8 Å². The molecule has 0 saturated carbocycles. The second kappa shape index (κ2) is 9.79. The predicted octanol–water partition coefficient (Wildman–Crippen LogP) is 4.80. The number of hydrogen-bond donors (Lipinski definition) is 0. The summed E-state index contributed by atoms with van der Waals surface area (Å²) in [6.45, 7) is 7.18. The summed E-state index contributed by atoms with van der Waals surface area (Å²) in [5, 5.41) is 0.840.